The van der Waals surface area contributed by atoms with Crippen molar-refractivity contribution in [3.8, 4) is 10.4 Å². The fourth-order valence-electron chi connectivity index (χ4n) is 2.09. The highest BCUT2D eigenvalue weighted by Gasteiger charge is 2.12. The van der Waals surface area contributed by atoms with Crippen molar-refractivity contribution in [3.05, 3.63) is 70.4 Å². The minimum Gasteiger partial charge on any atom is -0.478 e. The second kappa shape index (κ2) is 4.90. The highest BCUT2D eigenvalue weighted by molar-refractivity contribution is 7.21. The molecule has 0 atom stereocenters. The van der Waals surface area contributed by atoms with E-state index in [1.54, 1.807) is 18.2 Å². The summed E-state index contributed by atoms with van der Waals surface area (Å²) in [5.74, 6) is -1.02. The van der Waals surface area contributed by atoms with Crippen LogP contribution in [0.1, 0.15) is 10.4 Å². The Morgan fingerprint density at radius 1 is 1.00 bits per heavy atom. The van der Waals surface area contributed by atoms with Gasteiger partial charge in [0.2, 0.25) is 0 Å². The van der Waals surface area contributed by atoms with Crippen molar-refractivity contribution >= 4 is 27.4 Å². The smallest absolute Gasteiger partial charge is 0.337 e. The number of hydrogen-bond acceptors (Lipinski definition) is 3. The van der Waals surface area contributed by atoms with E-state index in [1.807, 2.05) is 30.3 Å². The van der Waals surface area contributed by atoms with Crippen LogP contribution in [0.5, 0.6) is 0 Å². The molecule has 4 heteroatoms. The third-order valence-electron chi connectivity index (χ3n) is 3.04. The molecule has 0 aliphatic carbocycles. The molecule has 0 unspecified atom stereocenters. The number of fused-ring (bicyclic) bond motifs is 1. The summed E-state index contributed by atoms with van der Waals surface area (Å²) in [6, 6.07) is 15.8. The van der Waals surface area contributed by atoms with Crippen LogP contribution in [-0.2, 0) is 0 Å². The maximum Gasteiger partial charge on any atom is 0.337 e. The summed E-state index contributed by atoms with van der Waals surface area (Å²) in [6.45, 7) is 0. The van der Waals surface area contributed by atoms with E-state index in [1.165, 1.54) is 17.4 Å². The van der Waals surface area contributed by atoms with Gasteiger partial charge in [0.05, 0.1) is 10.3 Å². The SMILES string of the molecule is O=C(O)c1cccc2c(=O)cc(-c3ccccc3)sc12. The van der Waals surface area contributed by atoms with Crippen molar-refractivity contribution in [1.29, 1.82) is 0 Å². The van der Waals surface area contributed by atoms with Crippen LogP contribution < -0.4 is 5.43 Å². The van der Waals surface area contributed by atoms with Crippen LogP contribution >= 0.6 is 11.3 Å². The average Bonchev–Trinajstić information content (AvgIpc) is 2.47. The predicted octanol–water partition coefficient (Wildman–Crippen LogP) is 3.63. The Bertz CT molecular complexity index is 850. The Balaban J connectivity index is 2.36. The molecule has 20 heavy (non-hydrogen) atoms. The zero-order valence-electron chi connectivity index (χ0n) is 10.4. The summed E-state index contributed by atoms with van der Waals surface area (Å²) in [5.41, 5.74) is 0.930. The standard InChI is InChI=1S/C16H10O3S/c17-13-9-14(10-5-2-1-3-6-10)20-15-11(13)7-4-8-12(15)16(18)19/h1-9H,(H,18,19). The van der Waals surface area contributed by atoms with Crippen molar-refractivity contribution in [2.45, 2.75) is 0 Å². The zero-order chi connectivity index (χ0) is 14.1. The molecule has 1 aromatic heterocycles. The van der Waals surface area contributed by atoms with Crippen molar-refractivity contribution in [1.82, 2.24) is 0 Å². The lowest BCUT2D eigenvalue weighted by molar-refractivity contribution is 0.0699. The first-order valence-corrected chi connectivity index (χ1v) is 6.84. The topological polar surface area (TPSA) is 54.4 Å². The number of hydrogen-bond donors (Lipinski definition) is 1. The summed E-state index contributed by atoms with van der Waals surface area (Å²) in [5, 5.41) is 9.69. The van der Waals surface area contributed by atoms with Gasteiger partial charge in [0.15, 0.2) is 5.43 Å². The van der Waals surface area contributed by atoms with Gasteiger partial charge in [-0.1, -0.05) is 36.4 Å². The van der Waals surface area contributed by atoms with Crippen LogP contribution in [0.3, 0.4) is 0 Å². The highest BCUT2D eigenvalue weighted by atomic mass is 32.1. The minimum absolute atomic E-state index is 0.152. The van der Waals surface area contributed by atoms with Crippen molar-refractivity contribution < 1.29 is 9.90 Å². The van der Waals surface area contributed by atoms with Gasteiger partial charge in [-0.05, 0) is 17.7 Å². The number of benzene rings is 2. The third-order valence-corrected chi connectivity index (χ3v) is 4.26. The number of carbonyl (C=O) groups is 1. The van der Waals surface area contributed by atoms with Crippen molar-refractivity contribution in [2.24, 2.45) is 0 Å². The Morgan fingerprint density at radius 2 is 1.75 bits per heavy atom. The van der Waals surface area contributed by atoms with E-state index in [4.69, 9.17) is 0 Å². The lowest BCUT2D eigenvalue weighted by atomic mass is 10.1. The molecule has 1 heterocycles. The first-order chi connectivity index (χ1) is 9.66. The average molecular weight is 282 g/mol. The molecule has 0 spiro atoms. The second-order valence-electron chi connectivity index (χ2n) is 4.33. The lowest BCUT2D eigenvalue weighted by Gasteiger charge is -2.05. The number of rotatable bonds is 2. The van der Waals surface area contributed by atoms with Crippen LogP contribution in [0, 0.1) is 0 Å². The van der Waals surface area contributed by atoms with Gasteiger partial charge in [0.25, 0.3) is 0 Å². The zero-order valence-corrected chi connectivity index (χ0v) is 11.2. The van der Waals surface area contributed by atoms with Crippen LogP contribution in [-0.4, -0.2) is 11.1 Å². The molecule has 2 aromatic carbocycles. The van der Waals surface area contributed by atoms with Gasteiger partial charge in [0.1, 0.15) is 0 Å². The molecule has 1 N–H and O–H groups in total. The fraction of sp³-hybridized carbons (Fsp3) is 0. The summed E-state index contributed by atoms with van der Waals surface area (Å²) in [7, 11) is 0. The van der Waals surface area contributed by atoms with E-state index in [-0.39, 0.29) is 11.0 Å². The molecule has 3 rings (SSSR count). The number of aromatic carboxylic acids is 1. The Morgan fingerprint density at radius 3 is 2.45 bits per heavy atom. The molecular weight excluding hydrogens is 272 g/mol. The van der Waals surface area contributed by atoms with Crippen LogP contribution in [0.4, 0.5) is 0 Å². The van der Waals surface area contributed by atoms with Crippen LogP contribution in [0.2, 0.25) is 0 Å². The number of carboxylic acids is 1. The van der Waals surface area contributed by atoms with Gasteiger partial charge in [0, 0.05) is 16.3 Å². The summed E-state index contributed by atoms with van der Waals surface area (Å²) in [6.07, 6.45) is 0. The third kappa shape index (κ3) is 2.10. The van der Waals surface area contributed by atoms with Gasteiger partial charge in [-0.3, -0.25) is 4.79 Å². The minimum atomic E-state index is -1.02. The van der Waals surface area contributed by atoms with E-state index in [0.29, 0.717) is 10.1 Å². The first kappa shape index (κ1) is 12.6. The van der Waals surface area contributed by atoms with Crippen LogP contribution in [0.25, 0.3) is 20.5 Å². The Hall–Kier alpha value is -2.46. The quantitative estimate of drug-likeness (QED) is 0.781. The number of carboxylic acid groups (broad SMARTS) is 1. The molecule has 0 amide bonds. The van der Waals surface area contributed by atoms with E-state index in [9.17, 15) is 14.7 Å². The molecule has 0 saturated carbocycles. The van der Waals surface area contributed by atoms with Crippen LogP contribution in [0.15, 0.2) is 59.4 Å². The van der Waals surface area contributed by atoms with E-state index >= 15 is 0 Å². The summed E-state index contributed by atoms with van der Waals surface area (Å²) < 4.78 is 0.520. The van der Waals surface area contributed by atoms with Gasteiger partial charge in [-0.2, -0.15) is 0 Å². The van der Waals surface area contributed by atoms with Gasteiger partial charge < -0.3 is 5.11 Å². The maximum atomic E-state index is 12.2. The molecule has 0 fully saturated rings. The second-order valence-corrected chi connectivity index (χ2v) is 5.38. The van der Waals surface area contributed by atoms with Gasteiger partial charge in [-0.15, -0.1) is 11.3 Å². The molecule has 3 aromatic rings. The molecule has 0 bridgehead atoms. The van der Waals surface area contributed by atoms with Gasteiger partial charge >= 0.3 is 5.97 Å². The fourth-order valence-corrected chi connectivity index (χ4v) is 3.27. The van der Waals surface area contributed by atoms with Crippen molar-refractivity contribution in [2.75, 3.05) is 0 Å². The van der Waals surface area contributed by atoms with E-state index in [0.717, 1.165) is 10.4 Å². The van der Waals surface area contributed by atoms with E-state index in [2.05, 4.69) is 0 Å². The maximum absolute atomic E-state index is 12.2. The largest absolute Gasteiger partial charge is 0.478 e. The van der Waals surface area contributed by atoms with Crippen molar-refractivity contribution in [3.63, 3.8) is 0 Å². The molecule has 0 radical (unpaired) electrons. The molecule has 0 saturated heterocycles. The summed E-state index contributed by atoms with van der Waals surface area (Å²) >= 11 is 1.33. The molecule has 0 aliphatic heterocycles. The normalized spacial score (nSPS) is 10.6. The van der Waals surface area contributed by atoms with Gasteiger partial charge in [-0.25, -0.2) is 4.79 Å². The first-order valence-electron chi connectivity index (χ1n) is 6.02. The summed E-state index contributed by atoms with van der Waals surface area (Å²) in [4.78, 5) is 24.2. The molecule has 98 valence electrons. The Labute approximate surface area is 118 Å². The Kier molecular flexibility index (Phi) is 3.08. The highest BCUT2D eigenvalue weighted by Crippen LogP contribution is 2.29. The predicted molar refractivity (Wildman–Crippen MR) is 80.5 cm³/mol. The van der Waals surface area contributed by atoms with E-state index < -0.39 is 5.97 Å². The monoisotopic (exact) mass is 282 g/mol. The lowest BCUT2D eigenvalue weighted by Crippen LogP contribution is -2.03. The molecule has 0 aliphatic rings. The molecular formula is C16H10O3S. The molecule has 3 nitrogen and oxygen atoms in total.